The molecule has 38 heavy (non-hydrogen) atoms. The fraction of sp³-hybridized carbons (Fsp3) is 0.407. The summed E-state index contributed by atoms with van der Waals surface area (Å²) in [6, 6.07) is 8.66. The summed E-state index contributed by atoms with van der Waals surface area (Å²) in [6.07, 6.45) is 2.05. The molecule has 0 fully saturated rings. The average Bonchev–Trinajstić information content (AvgIpc) is 3.50. The molecule has 3 aromatic heterocycles. The van der Waals surface area contributed by atoms with Gasteiger partial charge in [0.1, 0.15) is 0 Å². The van der Waals surface area contributed by atoms with E-state index in [0.717, 1.165) is 10.4 Å². The van der Waals surface area contributed by atoms with Gasteiger partial charge < -0.3 is 19.0 Å². The number of imidazole rings is 1. The Kier molecular flexibility index (Phi) is 7.35. The Morgan fingerprint density at radius 2 is 1.87 bits per heavy atom. The number of anilines is 3. The van der Waals surface area contributed by atoms with Gasteiger partial charge in [-0.3, -0.25) is 15.4 Å². The van der Waals surface area contributed by atoms with Gasteiger partial charge in [0.2, 0.25) is 11.9 Å². The molecule has 0 aliphatic carbocycles. The van der Waals surface area contributed by atoms with Crippen LogP contribution in [0.5, 0.6) is 0 Å². The van der Waals surface area contributed by atoms with E-state index in [1.54, 1.807) is 49.5 Å². The zero-order valence-electron chi connectivity index (χ0n) is 22.7. The number of hydrogen-bond donors (Lipinski definition) is 3. The van der Waals surface area contributed by atoms with Gasteiger partial charge in [-0.25, -0.2) is 14.8 Å². The second-order valence-corrected chi connectivity index (χ2v) is 12.3. The van der Waals surface area contributed by atoms with E-state index < -0.39 is 11.6 Å². The van der Waals surface area contributed by atoms with Crippen molar-refractivity contribution in [1.82, 2.24) is 14.5 Å². The number of oxazole rings is 1. The summed E-state index contributed by atoms with van der Waals surface area (Å²) < 4.78 is 7.31. The molecule has 0 spiro atoms. The molecule has 4 aromatic rings. The van der Waals surface area contributed by atoms with Crippen molar-refractivity contribution in [2.45, 2.75) is 60.1 Å². The first kappa shape index (κ1) is 27.3. The molecule has 0 aliphatic heterocycles. The minimum atomic E-state index is -1.06. The highest BCUT2D eigenvalue weighted by molar-refractivity contribution is 7.19. The first-order chi connectivity index (χ1) is 17.7. The Bertz CT molecular complexity index is 1470. The van der Waals surface area contributed by atoms with Gasteiger partial charge in [0.05, 0.1) is 39.3 Å². The van der Waals surface area contributed by atoms with E-state index in [2.05, 4.69) is 20.6 Å². The van der Waals surface area contributed by atoms with Gasteiger partial charge in [-0.05, 0) is 49.6 Å². The number of benzene rings is 1. The van der Waals surface area contributed by atoms with Crippen molar-refractivity contribution in [3.05, 3.63) is 42.4 Å². The highest BCUT2D eigenvalue weighted by atomic mass is 32.1. The van der Waals surface area contributed by atoms with E-state index in [-0.39, 0.29) is 23.8 Å². The van der Waals surface area contributed by atoms with Crippen LogP contribution in [0.1, 0.15) is 46.9 Å². The summed E-state index contributed by atoms with van der Waals surface area (Å²) in [6.45, 7) is 11.4. The highest BCUT2D eigenvalue weighted by Crippen LogP contribution is 2.32. The first-order valence-electron chi connectivity index (χ1n) is 12.3. The van der Waals surface area contributed by atoms with Crippen molar-refractivity contribution in [3.8, 4) is 10.6 Å². The standard InChI is InChI=1S/C27H34N6O4S/c1-16-28-14-20(37-16)21-10-11-22(38-21)30-25(35)31-24-29-18-12-17(32(7)23(34)13-26(2,3)4)8-9-19(18)33(24)15-27(5,6)36/h8-12,14,36H,13,15H2,1-7H3,(H2,29,30,31,35). The molecule has 0 aliphatic rings. The summed E-state index contributed by atoms with van der Waals surface area (Å²) >= 11 is 1.36. The number of rotatable bonds is 7. The number of thiophene rings is 1. The number of hydrogen-bond acceptors (Lipinski definition) is 7. The molecule has 10 nitrogen and oxygen atoms in total. The molecule has 0 atom stereocenters. The third kappa shape index (κ3) is 6.59. The smallest absolute Gasteiger partial charge is 0.326 e. The van der Waals surface area contributed by atoms with Gasteiger partial charge in [0.15, 0.2) is 11.7 Å². The summed E-state index contributed by atoms with van der Waals surface area (Å²) in [5.74, 6) is 1.48. The lowest BCUT2D eigenvalue weighted by atomic mass is 9.91. The number of nitrogens with one attached hydrogen (secondary N) is 2. The molecule has 4 rings (SSSR count). The Morgan fingerprint density at radius 3 is 2.50 bits per heavy atom. The van der Waals surface area contributed by atoms with E-state index in [9.17, 15) is 14.7 Å². The van der Waals surface area contributed by atoms with Crippen molar-refractivity contribution >= 4 is 50.9 Å². The van der Waals surface area contributed by atoms with Gasteiger partial charge in [-0.15, -0.1) is 11.3 Å². The monoisotopic (exact) mass is 538 g/mol. The van der Waals surface area contributed by atoms with E-state index in [1.807, 2.05) is 45.0 Å². The maximum absolute atomic E-state index is 12.9. The van der Waals surface area contributed by atoms with Crippen LogP contribution in [0.15, 0.2) is 40.9 Å². The number of aromatic nitrogens is 3. The van der Waals surface area contributed by atoms with E-state index in [0.29, 0.717) is 34.3 Å². The first-order valence-corrected chi connectivity index (χ1v) is 13.1. The molecule has 0 saturated carbocycles. The predicted octanol–water partition coefficient (Wildman–Crippen LogP) is 5.88. The number of aliphatic hydroxyl groups is 1. The normalized spacial score (nSPS) is 12.1. The van der Waals surface area contributed by atoms with Gasteiger partial charge >= 0.3 is 6.03 Å². The van der Waals surface area contributed by atoms with Crippen molar-refractivity contribution in [3.63, 3.8) is 0 Å². The fourth-order valence-corrected chi connectivity index (χ4v) is 4.79. The second-order valence-electron chi connectivity index (χ2n) is 11.2. The van der Waals surface area contributed by atoms with E-state index >= 15 is 0 Å². The quantitative estimate of drug-likeness (QED) is 0.270. The zero-order valence-corrected chi connectivity index (χ0v) is 23.6. The van der Waals surface area contributed by atoms with Crippen molar-refractivity contribution in [1.29, 1.82) is 0 Å². The lowest BCUT2D eigenvalue weighted by Gasteiger charge is -2.23. The molecule has 1 aromatic carbocycles. The van der Waals surface area contributed by atoms with Crippen LogP contribution in [0.3, 0.4) is 0 Å². The Hall–Kier alpha value is -3.70. The molecule has 3 amide bonds. The molecule has 0 saturated heterocycles. The molecule has 3 N–H and O–H groups in total. The molecular formula is C27H34N6O4S. The summed E-state index contributed by atoms with van der Waals surface area (Å²) in [7, 11) is 1.74. The summed E-state index contributed by atoms with van der Waals surface area (Å²) in [5.41, 5.74) is 0.824. The number of urea groups is 1. The van der Waals surface area contributed by atoms with Gasteiger partial charge in [-0.2, -0.15) is 0 Å². The number of fused-ring (bicyclic) bond motifs is 1. The fourth-order valence-electron chi connectivity index (χ4n) is 3.94. The van der Waals surface area contributed by atoms with Crippen LogP contribution in [0.25, 0.3) is 21.7 Å². The van der Waals surface area contributed by atoms with Crippen molar-refractivity contribution in [2.24, 2.45) is 5.41 Å². The number of amides is 3. The van der Waals surface area contributed by atoms with Crippen LogP contribution >= 0.6 is 11.3 Å². The van der Waals surface area contributed by atoms with Gasteiger partial charge in [0.25, 0.3) is 0 Å². The number of carbonyl (C=O) groups is 2. The molecule has 3 heterocycles. The Labute approximate surface area is 225 Å². The maximum atomic E-state index is 12.9. The van der Waals surface area contributed by atoms with Gasteiger partial charge in [0, 0.05) is 26.1 Å². The minimum Gasteiger partial charge on any atom is -0.440 e. The SMILES string of the molecule is Cc1ncc(-c2ccc(NC(=O)Nc3nc4cc(N(C)C(=O)CC(C)(C)C)ccc4n3CC(C)(C)O)s2)o1. The Morgan fingerprint density at radius 1 is 1.13 bits per heavy atom. The highest BCUT2D eigenvalue weighted by Gasteiger charge is 2.23. The summed E-state index contributed by atoms with van der Waals surface area (Å²) in [4.78, 5) is 36.9. The summed E-state index contributed by atoms with van der Waals surface area (Å²) in [5, 5.41) is 16.8. The van der Waals surface area contributed by atoms with E-state index in [4.69, 9.17) is 4.42 Å². The van der Waals surface area contributed by atoms with Crippen molar-refractivity contribution in [2.75, 3.05) is 22.6 Å². The van der Waals surface area contributed by atoms with Crippen LogP contribution in [0, 0.1) is 12.3 Å². The largest absolute Gasteiger partial charge is 0.440 e. The lowest BCUT2D eigenvalue weighted by molar-refractivity contribution is -0.120. The molecule has 0 radical (unpaired) electrons. The topological polar surface area (TPSA) is 126 Å². The maximum Gasteiger partial charge on any atom is 0.326 e. The van der Waals surface area contributed by atoms with Crippen LogP contribution < -0.4 is 15.5 Å². The third-order valence-corrected chi connectivity index (χ3v) is 6.67. The molecular weight excluding hydrogens is 504 g/mol. The van der Waals surface area contributed by atoms with Crippen molar-refractivity contribution < 1.29 is 19.1 Å². The molecule has 0 bridgehead atoms. The van der Waals surface area contributed by atoms with E-state index in [1.165, 1.54) is 11.3 Å². The zero-order chi connectivity index (χ0) is 27.8. The molecule has 202 valence electrons. The average molecular weight is 539 g/mol. The van der Waals surface area contributed by atoms with Crippen LogP contribution in [0.2, 0.25) is 0 Å². The Balaban J connectivity index is 1.58. The number of carbonyl (C=O) groups excluding carboxylic acids is 2. The van der Waals surface area contributed by atoms with Crippen LogP contribution in [-0.2, 0) is 11.3 Å². The number of nitrogens with zero attached hydrogens (tertiary/aromatic N) is 4. The number of aryl methyl sites for hydroxylation is 1. The van der Waals surface area contributed by atoms with Crippen LogP contribution in [-0.4, -0.2) is 44.2 Å². The molecule has 11 heteroatoms. The predicted molar refractivity (Wildman–Crippen MR) is 151 cm³/mol. The van der Waals surface area contributed by atoms with Crippen LogP contribution in [0.4, 0.5) is 21.4 Å². The minimum absolute atomic E-state index is 0.00121. The second kappa shape index (κ2) is 10.2. The lowest BCUT2D eigenvalue weighted by Crippen LogP contribution is -2.29. The third-order valence-electron chi connectivity index (χ3n) is 5.65. The van der Waals surface area contributed by atoms with Gasteiger partial charge in [-0.1, -0.05) is 20.8 Å². The molecule has 0 unspecified atom stereocenters.